The monoisotopic (exact) mass is 292 g/mol. The highest BCUT2D eigenvalue weighted by Gasteiger charge is 2.32. The van der Waals surface area contributed by atoms with Crippen molar-refractivity contribution in [1.82, 2.24) is 14.8 Å². The number of nitrogens with one attached hydrogen (secondary N) is 1. The van der Waals surface area contributed by atoms with Gasteiger partial charge >= 0.3 is 0 Å². The summed E-state index contributed by atoms with van der Waals surface area (Å²) < 4.78 is 1.68. The minimum atomic E-state index is -0.495. The van der Waals surface area contributed by atoms with Crippen molar-refractivity contribution < 1.29 is 14.5 Å². The molecule has 0 atom stereocenters. The molecule has 0 radical (unpaired) electrons. The van der Waals surface area contributed by atoms with Crippen molar-refractivity contribution in [3.63, 3.8) is 0 Å². The SMILES string of the molecule is O=C1CN(C(=O)c2cc([N+](=O)[O-])cn2C2CC2)CCCN1. The van der Waals surface area contributed by atoms with E-state index in [2.05, 4.69) is 5.32 Å². The maximum absolute atomic E-state index is 12.6. The van der Waals surface area contributed by atoms with Crippen molar-refractivity contribution in [2.75, 3.05) is 19.6 Å². The molecule has 3 rings (SSSR count). The van der Waals surface area contributed by atoms with E-state index >= 15 is 0 Å². The molecule has 1 aliphatic carbocycles. The number of amides is 2. The predicted molar refractivity (Wildman–Crippen MR) is 72.9 cm³/mol. The zero-order valence-electron chi connectivity index (χ0n) is 11.4. The second-order valence-corrected chi connectivity index (χ2v) is 5.41. The second-order valence-electron chi connectivity index (χ2n) is 5.41. The Labute approximate surface area is 120 Å². The van der Waals surface area contributed by atoms with Gasteiger partial charge in [-0.25, -0.2) is 0 Å². The molecule has 1 N–H and O–H groups in total. The van der Waals surface area contributed by atoms with Crippen LogP contribution in [0.4, 0.5) is 5.69 Å². The first-order valence-corrected chi connectivity index (χ1v) is 6.98. The molecule has 8 heteroatoms. The molecule has 1 saturated heterocycles. The van der Waals surface area contributed by atoms with Crippen molar-refractivity contribution in [1.29, 1.82) is 0 Å². The fourth-order valence-electron chi connectivity index (χ4n) is 2.53. The molecule has 0 bridgehead atoms. The minimum Gasteiger partial charge on any atom is -0.354 e. The molecule has 0 spiro atoms. The van der Waals surface area contributed by atoms with Gasteiger partial charge < -0.3 is 14.8 Å². The van der Waals surface area contributed by atoms with E-state index in [1.54, 1.807) is 4.57 Å². The predicted octanol–water partition coefficient (Wildman–Crippen LogP) is 0.693. The van der Waals surface area contributed by atoms with Crippen LogP contribution in [0.3, 0.4) is 0 Å². The summed E-state index contributed by atoms with van der Waals surface area (Å²) in [5.41, 5.74) is 0.225. The maximum atomic E-state index is 12.6. The summed E-state index contributed by atoms with van der Waals surface area (Å²) in [7, 11) is 0. The van der Waals surface area contributed by atoms with Crippen LogP contribution in [-0.2, 0) is 4.79 Å². The highest BCUT2D eigenvalue weighted by Crippen LogP contribution is 2.38. The summed E-state index contributed by atoms with van der Waals surface area (Å²) in [5, 5.41) is 13.6. The number of hydrogen-bond donors (Lipinski definition) is 1. The van der Waals surface area contributed by atoms with Gasteiger partial charge in [-0.2, -0.15) is 0 Å². The average molecular weight is 292 g/mol. The zero-order valence-corrected chi connectivity index (χ0v) is 11.4. The van der Waals surface area contributed by atoms with Gasteiger partial charge in [0.1, 0.15) is 5.69 Å². The van der Waals surface area contributed by atoms with Crippen LogP contribution in [0.15, 0.2) is 12.3 Å². The normalized spacial score (nSPS) is 19.0. The maximum Gasteiger partial charge on any atom is 0.287 e. The lowest BCUT2D eigenvalue weighted by Gasteiger charge is -2.19. The fourth-order valence-corrected chi connectivity index (χ4v) is 2.53. The Morgan fingerprint density at radius 3 is 2.86 bits per heavy atom. The van der Waals surface area contributed by atoms with E-state index in [-0.39, 0.29) is 30.1 Å². The number of hydrogen-bond acceptors (Lipinski definition) is 4. The summed E-state index contributed by atoms with van der Waals surface area (Å²) >= 11 is 0. The molecule has 2 heterocycles. The van der Waals surface area contributed by atoms with Gasteiger partial charge in [-0.3, -0.25) is 19.7 Å². The third-order valence-corrected chi connectivity index (χ3v) is 3.75. The highest BCUT2D eigenvalue weighted by molar-refractivity contribution is 5.96. The Kier molecular flexibility index (Phi) is 3.36. The molecule has 0 unspecified atom stereocenters. The first-order chi connectivity index (χ1) is 10.1. The molecule has 1 saturated carbocycles. The molecule has 2 fully saturated rings. The molecule has 1 aromatic heterocycles. The first-order valence-electron chi connectivity index (χ1n) is 6.98. The van der Waals surface area contributed by atoms with E-state index < -0.39 is 4.92 Å². The Hall–Kier alpha value is -2.38. The van der Waals surface area contributed by atoms with Crippen LogP contribution >= 0.6 is 0 Å². The van der Waals surface area contributed by atoms with Crippen LogP contribution in [0.25, 0.3) is 0 Å². The molecule has 21 heavy (non-hydrogen) atoms. The number of rotatable bonds is 3. The zero-order chi connectivity index (χ0) is 15.0. The van der Waals surface area contributed by atoms with E-state index in [0.29, 0.717) is 25.2 Å². The van der Waals surface area contributed by atoms with E-state index in [4.69, 9.17) is 0 Å². The largest absolute Gasteiger partial charge is 0.354 e. The van der Waals surface area contributed by atoms with Gasteiger partial charge in [0.25, 0.3) is 11.6 Å². The summed E-state index contributed by atoms with van der Waals surface area (Å²) in [5.74, 6) is -0.507. The molecule has 112 valence electrons. The second kappa shape index (κ2) is 5.19. The average Bonchev–Trinajstić information content (AvgIpc) is 3.22. The van der Waals surface area contributed by atoms with E-state index in [1.807, 2.05) is 0 Å². The summed E-state index contributed by atoms with van der Waals surface area (Å²) in [6.07, 6.45) is 3.95. The molecule has 1 aliphatic heterocycles. The number of aromatic nitrogens is 1. The molecule has 2 amide bonds. The quantitative estimate of drug-likeness (QED) is 0.654. The minimum absolute atomic E-state index is 0.00246. The lowest BCUT2D eigenvalue weighted by Crippen LogP contribution is -2.38. The lowest BCUT2D eigenvalue weighted by molar-refractivity contribution is -0.384. The Morgan fingerprint density at radius 1 is 1.43 bits per heavy atom. The molecule has 0 aromatic carbocycles. The van der Waals surface area contributed by atoms with Crippen molar-refractivity contribution in [3.05, 3.63) is 28.1 Å². The first kappa shape index (κ1) is 13.6. The third-order valence-electron chi connectivity index (χ3n) is 3.75. The van der Waals surface area contributed by atoms with Gasteiger partial charge in [-0.05, 0) is 19.3 Å². The summed E-state index contributed by atoms with van der Waals surface area (Å²) in [4.78, 5) is 36.0. The summed E-state index contributed by atoms with van der Waals surface area (Å²) in [6, 6.07) is 1.47. The lowest BCUT2D eigenvalue weighted by atomic mass is 10.3. The van der Waals surface area contributed by atoms with Gasteiger partial charge in [0, 0.05) is 25.2 Å². The van der Waals surface area contributed by atoms with Crippen LogP contribution in [0.1, 0.15) is 35.8 Å². The number of carbonyl (C=O) groups is 2. The number of nitro groups is 1. The molecule has 2 aliphatic rings. The fraction of sp³-hybridized carbons (Fsp3) is 0.538. The van der Waals surface area contributed by atoms with E-state index in [1.165, 1.54) is 17.2 Å². The molecule has 8 nitrogen and oxygen atoms in total. The van der Waals surface area contributed by atoms with Crippen molar-refractivity contribution >= 4 is 17.5 Å². The Morgan fingerprint density at radius 2 is 2.19 bits per heavy atom. The Balaban J connectivity index is 1.89. The molecule has 1 aromatic rings. The third kappa shape index (κ3) is 2.74. The van der Waals surface area contributed by atoms with E-state index in [9.17, 15) is 19.7 Å². The molecular weight excluding hydrogens is 276 g/mol. The Bertz CT molecular complexity index is 605. The van der Waals surface area contributed by atoms with Gasteiger partial charge in [0.15, 0.2) is 0 Å². The van der Waals surface area contributed by atoms with Crippen LogP contribution in [-0.4, -0.2) is 45.8 Å². The summed E-state index contributed by atoms with van der Waals surface area (Å²) in [6.45, 7) is 1.02. The highest BCUT2D eigenvalue weighted by atomic mass is 16.6. The van der Waals surface area contributed by atoms with Gasteiger partial charge in [-0.15, -0.1) is 0 Å². The van der Waals surface area contributed by atoms with Crippen LogP contribution in [0.5, 0.6) is 0 Å². The standard InChI is InChI=1S/C13H16N4O4/c18-12-8-15(5-1-4-14-12)13(19)11-6-10(17(20)21)7-16(11)9-2-3-9/h6-7,9H,1-5,8H2,(H,14,18). The van der Waals surface area contributed by atoms with Crippen molar-refractivity contribution in [2.24, 2.45) is 0 Å². The number of nitrogens with zero attached hydrogens (tertiary/aromatic N) is 3. The van der Waals surface area contributed by atoms with Crippen LogP contribution in [0.2, 0.25) is 0 Å². The number of carbonyl (C=O) groups excluding carboxylic acids is 2. The van der Waals surface area contributed by atoms with Gasteiger partial charge in [-0.1, -0.05) is 0 Å². The van der Waals surface area contributed by atoms with Crippen molar-refractivity contribution in [2.45, 2.75) is 25.3 Å². The van der Waals surface area contributed by atoms with Crippen molar-refractivity contribution in [3.8, 4) is 0 Å². The van der Waals surface area contributed by atoms with Gasteiger partial charge in [0.2, 0.25) is 5.91 Å². The molecular formula is C13H16N4O4. The smallest absolute Gasteiger partial charge is 0.287 e. The van der Waals surface area contributed by atoms with Crippen LogP contribution < -0.4 is 5.32 Å². The van der Waals surface area contributed by atoms with Gasteiger partial charge in [0.05, 0.1) is 17.7 Å². The van der Waals surface area contributed by atoms with E-state index in [0.717, 1.165) is 12.8 Å². The topological polar surface area (TPSA) is 97.5 Å². The van der Waals surface area contributed by atoms with Crippen LogP contribution in [0, 0.1) is 10.1 Å².